The lowest BCUT2D eigenvalue weighted by molar-refractivity contribution is -0.0620. The molecule has 0 unspecified atom stereocenters. The van der Waals surface area contributed by atoms with Crippen LogP contribution in [0.15, 0.2) is 91.0 Å². The molecule has 0 saturated carbocycles. The summed E-state index contributed by atoms with van der Waals surface area (Å²) in [5.74, 6) is 0. The van der Waals surface area contributed by atoms with Gasteiger partial charge in [0.15, 0.2) is 0 Å². The SMILES string of the molecule is CN1CC[C@H](COC(c2ccccc2)(c2ccccc2)c2ccccc2)OC1=O. The van der Waals surface area contributed by atoms with E-state index >= 15 is 0 Å². The minimum atomic E-state index is -0.792. The maximum atomic E-state index is 12.0. The zero-order valence-corrected chi connectivity index (χ0v) is 16.5. The van der Waals surface area contributed by atoms with E-state index in [1.54, 1.807) is 11.9 Å². The Kier molecular flexibility index (Phi) is 5.63. The number of rotatable bonds is 6. The first kappa shape index (κ1) is 19.2. The molecule has 0 radical (unpaired) electrons. The number of carbonyl (C=O) groups excluding carboxylic acids is 1. The van der Waals surface area contributed by atoms with Crippen LogP contribution in [0.3, 0.4) is 0 Å². The summed E-state index contributed by atoms with van der Waals surface area (Å²) in [7, 11) is 1.75. The van der Waals surface area contributed by atoms with Gasteiger partial charge in [-0.05, 0) is 16.7 Å². The smallest absolute Gasteiger partial charge is 0.409 e. The first-order chi connectivity index (χ1) is 14.2. The molecule has 3 aromatic carbocycles. The third-order valence-electron chi connectivity index (χ3n) is 5.39. The molecule has 0 N–H and O–H groups in total. The van der Waals surface area contributed by atoms with Gasteiger partial charge >= 0.3 is 6.09 Å². The predicted molar refractivity (Wildman–Crippen MR) is 113 cm³/mol. The van der Waals surface area contributed by atoms with Crippen LogP contribution in [0, 0.1) is 0 Å². The molecule has 0 bridgehead atoms. The summed E-state index contributed by atoms with van der Waals surface area (Å²) in [5.41, 5.74) is 2.32. The minimum absolute atomic E-state index is 0.269. The quantitative estimate of drug-likeness (QED) is 0.569. The standard InChI is InChI=1S/C25H25NO3/c1-26-18-17-23(29-24(26)27)19-28-25(20-11-5-2-6-12-20,21-13-7-3-8-14-21)22-15-9-4-10-16-22/h2-16,23H,17-19H2,1H3/t23-/m1/s1. The number of nitrogens with zero attached hydrogens (tertiary/aromatic N) is 1. The molecule has 4 nitrogen and oxygen atoms in total. The molecular formula is C25H25NO3. The fraction of sp³-hybridized carbons (Fsp3) is 0.240. The summed E-state index contributed by atoms with van der Waals surface area (Å²) in [4.78, 5) is 13.6. The molecule has 1 heterocycles. The molecule has 1 aliphatic rings. The Morgan fingerprint density at radius 2 is 1.31 bits per heavy atom. The molecule has 29 heavy (non-hydrogen) atoms. The van der Waals surface area contributed by atoms with Crippen LogP contribution in [0.1, 0.15) is 23.1 Å². The second-order valence-corrected chi connectivity index (χ2v) is 7.31. The Morgan fingerprint density at radius 1 is 0.862 bits per heavy atom. The van der Waals surface area contributed by atoms with E-state index in [1.165, 1.54) is 0 Å². The van der Waals surface area contributed by atoms with Crippen molar-refractivity contribution >= 4 is 6.09 Å². The molecule has 0 spiro atoms. The molecule has 3 aromatic rings. The van der Waals surface area contributed by atoms with Crippen molar-refractivity contribution < 1.29 is 14.3 Å². The Bertz CT molecular complexity index is 831. The normalized spacial score (nSPS) is 17.1. The maximum absolute atomic E-state index is 12.0. The average Bonchev–Trinajstić information content (AvgIpc) is 2.79. The number of benzene rings is 3. The van der Waals surface area contributed by atoms with Gasteiger partial charge in [-0.25, -0.2) is 4.79 Å². The van der Waals surface area contributed by atoms with Crippen LogP contribution >= 0.6 is 0 Å². The zero-order valence-electron chi connectivity index (χ0n) is 16.5. The Hall–Kier alpha value is -3.11. The second kappa shape index (κ2) is 8.50. The highest BCUT2D eigenvalue weighted by Crippen LogP contribution is 2.40. The maximum Gasteiger partial charge on any atom is 0.409 e. The highest BCUT2D eigenvalue weighted by molar-refractivity contribution is 5.68. The fourth-order valence-electron chi connectivity index (χ4n) is 3.82. The number of ether oxygens (including phenoxy) is 2. The van der Waals surface area contributed by atoms with E-state index in [0.29, 0.717) is 13.2 Å². The van der Waals surface area contributed by atoms with Crippen molar-refractivity contribution in [1.82, 2.24) is 4.90 Å². The summed E-state index contributed by atoms with van der Waals surface area (Å²) >= 11 is 0. The van der Waals surface area contributed by atoms with Crippen LogP contribution in [0.25, 0.3) is 0 Å². The van der Waals surface area contributed by atoms with Gasteiger partial charge in [-0.15, -0.1) is 0 Å². The van der Waals surface area contributed by atoms with Gasteiger partial charge in [0.05, 0.1) is 6.61 Å². The van der Waals surface area contributed by atoms with E-state index in [1.807, 2.05) is 54.6 Å². The fourth-order valence-corrected chi connectivity index (χ4v) is 3.82. The number of carbonyl (C=O) groups is 1. The van der Waals surface area contributed by atoms with E-state index in [9.17, 15) is 4.79 Å². The number of hydrogen-bond acceptors (Lipinski definition) is 3. The van der Waals surface area contributed by atoms with Crippen molar-refractivity contribution in [2.24, 2.45) is 0 Å². The number of hydrogen-bond donors (Lipinski definition) is 0. The lowest BCUT2D eigenvalue weighted by Crippen LogP contribution is -2.43. The lowest BCUT2D eigenvalue weighted by Gasteiger charge is -2.38. The molecule has 4 rings (SSSR count). The summed E-state index contributed by atoms with van der Waals surface area (Å²) in [5, 5.41) is 0. The molecular weight excluding hydrogens is 362 g/mol. The topological polar surface area (TPSA) is 38.8 Å². The van der Waals surface area contributed by atoms with Crippen LogP contribution in [-0.4, -0.2) is 37.3 Å². The number of amides is 1. The average molecular weight is 387 g/mol. The molecule has 1 aliphatic heterocycles. The van der Waals surface area contributed by atoms with Gasteiger partial charge in [0.25, 0.3) is 0 Å². The molecule has 4 heteroatoms. The Labute approximate surface area is 171 Å². The van der Waals surface area contributed by atoms with Gasteiger partial charge in [-0.1, -0.05) is 91.0 Å². The van der Waals surface area contributed by atoms with E-state index in [-0.39, 0.29) is 12.2 Å². The van der Waals surface area contributed by atoms with Gasteiger partial charge < -0.3 is 14.4 Å². The van der Waals surface area contributed by atoms with Gasteiger partial charge in [0.1, 0.15) is 11.7 Å². The van der Waals surface area contributed by atoms with Crippen molar-refractivity contribution in [3.05, 3.63) is 108 Å². The van der Waals surface area contributed by atoms with Gasteiger partial charge in [0.2, 0.25) is 0 Å². The second-order valence-electron chi connectivity index (χ2n) is 7.31. The van der Waals surface area contributed by atoms with Crippen molar-refractivity contribution in [3.63, 3.8) is 0 Å². The van der Waals surface area contributed by atoms with E-state index in [0.717, 1.165) is 23.1 Å². The lowest BCUT2D eigenvalue weighted by atomic mass is 9.80. The minimum Gasteiger partial charge on any atom is -0.444 e. The largest absolute Gasteiger partial charge is 0.444 e. The van der Waals surface area contributed by atoms with Gasteiger partial charge in [0, 0.05) is 20.0 Å². The predicted octanol–water partition coefficient (Wildman–Crippen LogP) is 4.84. The van der Waals surface area contributed by atoms with Crippen molar-refractivity contribution in [1.29, 1.82) is 0 Å². The van der Waals surface area contributed by atoms with E-state index < -0.39 is 5.60 Å². The van der Waals surface area contributed by atoms with Crippen LogP contribution in [0.2, 0.25) is 0 Å². The molecule has 0 aliphatic carbocycles. The number of cyclic esters (lactones) is 1. The van der Waals surface area contributed by atoms with Gasteiger partial charge in [-0.3, -0.25) is 0 Å². The molecule has 1 saturated heterocycles. The van der Waals surface area contributed by atoms with Crippen molar-refractivity contribution in [2.45, 2.75) is 18.1 Å². The molecule has 1 fully saturated rings. The third-order valence-corrected chi connectivity index (χ3v) is 5.39. The van der Waals surface area contributed by atoms with Crippen LogP contribution < -0.4 is 0 Å². The third kappa shape index (κ3) is 3.89. The van der Waals surface area contributed by atoms with E-state index in [2.05, 4.69) is 36.4 Å². The Morgan fingerprint density at radius 3 is 1.72 bits per heavy atom. The first-order valence-electron chi connectivity index (χ1n) is 9.92. The highest BCUT2D eigenvalue weighted by Gasteiger charge is 2.39. The first-order valence-corrected chi connectivity index (χ1v) is 9.92. The van der Waals surface area contributed by atoms with Crippen LogP contribution in [0.5, 0.6) is 0 Å². The zero-order chi connectivity index (χ0) is 20.1. The molecule has 1 amide bonds. The highest BCUT2D eigenvalue weighted by atomic mass is 16.6. The monoisotopic (exact) mass is 387 g/mol. The summed E-state index contributed by atoms with van der Waals surface area (Å²) in [6.45, 7) is 0.986. The molecule has 0 aromatic heterocycles. The van der Waals surface area contributed by atoms with Crippen molar-refractivity contribution in [3.8, 4) is 0 Å². The molecule has 1 atom stereocenters. The van der Waals surface area contributed by atoms with E-state index in [4.69, 9.17) is 9.47 Å². The van der Waals surface area contributed by atoms with Crippen molar-refractivity contribution in [2.75, 3.05) is 20.2 Å². The van der Waals surface area contributed by atoms with Crippen LogP contribution in [0.4, 0.5) is 4.79 Å². The van der Waals surface area contributed by atoms with Gasteiger partial charge in [-0.2, -0.15) is 0 Å². The summed E-state index contributed by atoms with van der Waals surface area (Å²) in [6.07, 6.45) is 0.181. The molecule has 148 valence electrons. The summed E-state index contributed by atoms with van der Waals surface area (Å²) < 4.78 is 12.3. The van der Waals surface area contributed by atoms with Crippen LogP contribution in [-0.2, 0) is 15.1 Å². The Balaban J connectivity index is 1.77. The summed E-state index contributed by atoms with van der Waals surface area (Å²) in [6, 6.07) is 30.6.